The highest BCUT2D eigenvalue weighted by atomic mass is 32.2. The zero-order chi connectivity index (χ0) is 25.9. The average molecular weight is 509 g/mol. The molecule has 9 heteroatoms. The number of methoxy groups -OCH3 is 1. The molecule has 4 rings (SSSR count). The molecule has 3 aromatic rings. The highest BCUT2D eigenvalue weighted by molar-refractivity contribution is 7.89. The third-order valence-electron chi connectivity index (χ3n) is 5.95. The summed E-state index contributed by atoms with van der Waals surface area (Å²) in [5.41, 5.74) is 3.13. The van der Waals surface area contributed by atoms with Crippen LogP contribution in [0.4, 0.5) is 5.69 Å². The molecule has 1 amide bonds. The van der Waals surface area contributed by atoms with Crippen molar-refractivity contribution in [3.63, 3.8) is 0 Å². The summed E-state index contributed by atoms with van der Waals surface area (Å²) in [7, 11) is -2.77. The molecule has 0 saturated carbocycles. The van der Waals surface area contributed by atoms with E-state index in [2.05, 4.69) is 0 Å². The van der Waals surface area contributed by atoms with Crippen LogP contribution in [0.25, 0.3) is 0 Å². The minimum absolute atomic E-state index is 0.00997. The van der Waals surface area contributed by atoms with Crippen LogP contribution >= 0.6 is 0 Å². The summed E-state index contributed by atoms with van der Waals surface area (Å²) < 4.78 is 39.1. The highest BCUT2D eigenvalue weighted by Crippen LogP contribution is 2.34. The van der Waals surface area contributed by atoms with Gasteiger partial charge in [0.1, 0.15) is 5.75 Å². The second kappa shape index (κ2) is 10.5. The second-order valence-corrected chi connectivity index (χ2v) is 10.6. The quantitative estimate of drug-likeness (QED) is 0.454. The van der Waals surface area contributed by atoms with Crippen molar-refractivity contribution in [3.05, 3.63) is 89.5 Å². The number of rotatable bonds is 7. The normalized spacial score (nSPS) is 15.2. The molecule has 8 nitrogen and oxygen atoms in total. The van der Waals surface area contributed by atoms with Gasteiger partial charge in [0, 0.05) is 6.54 Å². The maximum absolute atomic E-state index is 13.7. The first-order chi connectivity index (χ1) is 17.2. The van der Waals surface area contributed by atoms with E-state index < -0.39 is 34.5 Å². The largest absolute Gasteiger partial charge is 0.475 e. The molecule has 0 spiro atoms. The lowest BCUT2D eigenvalue weighted by atomic mass is 10.1. The summed E-state index contributed by atoms with van der Waals surface area (Å²) in [6.45, 7) is 3.29. The molecule has 1 aliphatic heterocycles. The van der Waals surface area contributed by atoms with Gasteiger partial charge in [-0.3, -0.25) is 4.79 Å². The Balaban J connectivity index is 1.69. The molecule has 1 heterocycles. The smallest absolute Gasteiger partial charge is 0.348 e. The lowest BCUT2D eigenvalue weighted by molar-refractivity contribution is -0.148. The van der Waals surface area contributed by atoms with E-state index in [9.17, 15) is 18.0 Å². The van der Waals surface area contributed by atoms with Gasteiger partial charge >= 0.3 is 5.97 Å². The first-order valence-electron chi connectivity index (χ1n) is 11.5. The third kappa shape index (κ3) is 5.42. The number of nitrogens with zero attached hydrogens (tertiary/aromatic N) is 2. The number of anilines is 1. The molecular formula is C27H28N2O6S. The lowest BCUT2D eigenvalue weighted by Crippen LogP contribution is -2.50. The molecule has 188 valence electrons. The fourth-order valence-corrected chi connectivity index (χ4v) is 5.44. The molecule has 0 aromatic heterocycles. The Morgan fingerprint density at radius 2 is 1.72 bits per heavy atom. The summed E-state index contributed by atoms with van der Waals surface area (Å²) in [5.74, 6) is -0.756. The maximum atomic E-state index is 13.7. The summed E-state index contributed by atoms with van der Waals surface area (Å²) in [6, 6.07) is 20.8. The van der Waals surface area contributed by atoms with E-state index in [1.54, 1.807) is 36.4 Å². The molecular weight excluding hydrogens is 480 g/mol. The minimum Gasteiger partial charge on any atom is -0.475 e. The molecule has 1 atom stereocenters. The number of amides is 1. The second-order valence-electron chi connectivity index (χ2n) is 8.68. The Bertz CT molecular complexity index is 1370. The number of para-hydroxylation sites is 2. The van der Waals surface area contributed by atoms with Gasteiger partial charge in [-0.05, 0) is 43.7 Å². The Labute approximate surface area is 211 Å². The van der Waals surface area contributed by atoms with Crippen molar-refractivity contribution < 1.29 is 27.5 Å². The van der Waals surface area contributed by atoms with Gasteiger partial charge in [-0.1, -0.05) is 59.7 Å². The topological polar surface area (TPSA) is 93.2 Å². The van der Waals surface area contributed by atoms with Crippen molar-refractivity contribution in [1.82, 2.24) is 4.31 Å². The number of carbonyl (C=O) groups excluding carboxylic acids is 2. The number of fused-ring (bicyclic) bond motifs is 1. The van der Waals surface area contributed by atoms with Gasteiger partial charge in [-0.25, -0.2) is 13.2 Å². The molecule has 36 heavy (non-hydrogen) atoms. The van der Waals surface area contributed by atoms with E-state index >= 15 is 0 Å². The predicted octanol–water partition coefficient (Wildman–Crippen LogP) is 3.46. The van der Waals surface area contributed by atoms with E-state index in [1.165, 1.54) is 28.4 Å². The Kier molecular flexibility index (Phi) is 7.42. The number of sulfonamides is 1. The van der Waals surface area contributed by atoms with E-state index in [4.69, 9.17) is 9.47 Å². The van der Waals surface area contributed by atoms with Gasteiger partial charge < -0.3 is 14.4 Å². The van der Waals surface area contributed by atoms with Crippen LogP contribution in [0.2, 0.25) is 0 Å². The Hall–Kier alpha value is -3.69. The predicted molar refractivity (Wildman–Crippen MR) is 135 cm³/mol. The van der Waals surface area contributed by atoms with Crippen LogP contribution in [0.1, 0.15) is 16.7 Å². The molecule has 3 aromatic carbocycles. The summed E-state index contributed by atoms with van der Waals surface area (Å²) in [4.78, 5) is 27.3. The molecule has 0 bridgehead atoms. The number of ether oxygens (including phenoxy) is 2. The van der Waals surface area contributed by atoms with E-state index in [-0.39, 0.29) is 18.0 Å². The third-order valence-corrected chi connectivity index (χ3v) is 7.76. The molecule has 0 saturated heterocycles. The van der Waals surface area contributed by atoms with Crippen LogP contribution in [0.5, 0.6) is 5.75 Å². The van der Waals surface area contributed by atoms with Gasteiger partial charge in [-0.15, -0.1) is 0 Å². The first kappa shape index (κ1) is 25.4. The van der Waals surface area contributed by atoms with Crippen molar-refractivity contribution in [1.29, 1.82) is 0 Å². The highest BCUT2D eigenvalue weighted by Gasteiger charge is 2.36. The van der Waals surface area contributed by atoms with E-state index in [1.807, 2.05) is 38.1 Å². The molecule has 0 unspecified atom stereocenters. The SMILES string of the molecule is COC(=O)[C@H]1CN(C(=O)CN(Cc2cccc(C)c2)S(=O)(=O)c2ccc(C)cc2)c2ccccc2O1. The van der Waals surface area contributed by atoms with Gasteiger partial charge in [0.05, 0.1) is 30.8 Å². The minimum atomic E-state index is -4.01. The van der Waals surface area contributed by atoms with E-state index in [0.29, 0.717) is 11.4 Å². The molecule has 1 aliphatic rings. The number of aryl methyl sites for hydroxylation is 2. The molecule has 0 fully saturated rings. The van der Waals surface area contributed by atoms with Crippen molar-refractivity contribution in [2.24, 2.45) is 0 Å². The van der Waals surface area contributed by atoms with Gasteiger partial charge in [-0.2, -0.15) is 4.31 Å². The maximum Gasteiger partial charge on any atom is 0.348 e. The summed E-state index contributed by atoms with van der Waals surface area (Å²) in [5, 5.41) is 0. The number of hydrogen-bond donors (Lipinski definition) is 0. The van der Waals surface area contributed by atoms with Crippen LogP contribution in [-0.2, 0) is 30.9 Å². The Morgan fingerprint density at radius 1 is 1.00 bits per heavy atom. The van der Waals surface area contributed by atoms with Crippen molar-refractivity contribution in [3.8, 4) is 5.75 Å². The number of carbonyl (C=O) groups is 2. The fourth-order valence-electron chi connectivity index (χ4n) is 4.06. The number of benzene rings is 3. The first-order valence-corrected chi connectivity index (χ1v) is 12.9. The van der Waals surface area contributed by atoms with Gasteiger partial charge in [0.15, 0.2) is 0 Å². The van der Waals surface area contributed by atoms with Crippen LogP contribution in [0.3, 0.4) is 0 Å². The standard InChI is InChI=1S/C27H28N2O6S/c1-19-11-13-22(14-12-19)36(32,33)28(16-21-8-6-7-20(2)15-21)18-26(30)29-17-25(27(31)34-3)35-24-10-5-4-9-23(24)29/h4-15,25H,16-18H2,1-3H3/t25-/m1/s1. The molecule has 0 radical (unpaired) electrons. The summed E-state index contributed by atoms with van der Waals surface area (Å²) >= 11 is 0. The van der Waals surface area contributed by atoms with Crippen LogP contribution in [-0.4, -0.2) is 50.9 Å². The zero-order valence-electron chi connectivity index (χ0n) is 20.4. The van der Waals surface area contributed by atoms with Gasteiger partial charge in [0.2, 0.25) is 22.0 Å². The zero-order valence-corrected chi connectivity index (χ0v) is 21.2. The van der Waals surface area contributed by atoms with Crippen LogP contribution in [0.15, 0.2) is 77.7 Å². The molecule has 0 aliphatic carbocycles. The van der Waals surface area contributed by atoms with Crippen molar-refractivity contribution >= 4 is 27.6 Å². The van der Waals surface area contributed by atoms with Crippen molar-refractivity contribution in [2.45, 2.75) is 31.4 Å². The summed E-state index contributed by atoms with van der Waals surface area (Å²) in [6.07, 6.45) is -1.02. The van der Waals surface area contributed by atoms with Crippen LogP contribution in [0, 0.1) is 13.8 Å². The fraction of sp³-hybridized carbons (Fsp3) is 0.259. The van der Waals surface area contributed by atoms with E-state index in [0.717, 1.165) is 16.7 Å². The Morgan fingerprint density at radius 3 is 2.42 bits per heavy atom. The number of esters is 1. The average Bonchev–Trinajstić information content (AvgIpc) is 2.87. The van der Waals surface area contributed by atoms with Crippen molar-refractivity contribution in [2.75, 3.05) is 25.1 Å². The monoisotopic (exact) mass is 508 g/mol. The van der Waals surface area contributed by atoms with Gasteiger partial charge in [0.25, 0.3) is 0 Å². The van der Waals surface area contributed by atoms with Crippen LogP contribution < -0.4 is 9.64 Å². The molecule has 0 N–H and O–H groups in total. The number of hydrogen-bond acceptors (Lipinski definition) is 6. The lowest BCUT2D eigenvalue weighted by Gasteiger charge is -2.34.